The highest BCUT2D eigenvalue weighted by atomic mass is 35.5. The van der Waals surface area contributed by atoms with Gasteiger partial charge in [0.15, 0.2) is 5.76 Å². The maximum atomic E-state index is 12.0. The largest absolute Gasteiger partial charge is 0.459 e. The molecule has 0 bridgehead atoms. The molecule has 23 heavy (non-hydrogen) atoms. The lowest BCUT2D eigenvalue weighted by molar-refractivity contribution is -0.119. The van der Waals surface area contributed by atoms with E-state index < -0.39 is 0 Å². The summed E-state index contributed by atoms with van der Waals surface area (Å²) in [6, 6.07) is 10.3. The molecule has 2 amide bonds. The first-order chi connectivity index (χ1) is 10.7. The van der Waals surface area contributed by atoms with E-state index in [-0.39, 0.29) is 35.9 Å². The molecule has 7 heteroatoms. The standard InChI is InChI=1S/C16H17N3O3.ClH/c20-15(11-7-8-17-10-11)18-12-3-5-13(6-4-12)19-16(21)14-2-1-9-22-14;/h1-6,9,11,17H,7-8,10H2,(H,18,20)(H,19,21);1H. The van der Waals surface area contributed by atoms with Crippen LogP contribution in [0.25, 0.3) is 0 Å². The van der Waals surface area contributed by atoms with E-state index in [0.717, 1.165) is 19.5 Å². The second kappa shape index (κ2) is 7.80. The molecule has 1 atom stereocenters. The number of carbonyl (C=O) groups is 2. The van der Waals surface area contributed by atoms with Crippen LogP contribution in [0.5, 0.6) is 0 Å². The number of hydrogen-bond acceptors (Lipinski definition) is 4. The predicted molar refractivity (Wildman–Crippen MR) is 90.0 cm³/mol. The van der Waals surface area contributed by atoms with Gasteiger partial charge in [0.25, 0.3) is 5.91 Å². The van der Waals surface area contributed by atoms with E-state index in [1.807, 2.05) is 0 Å². The van der Waals surface area contributed by atoms with Gasteiger partial charge < -0.3 is 20.4 Å². The normalized spacial score (nSPS) is 16.4. The fourth-order valence-electron chi connectivity index (χ4n) is 2.36. The average Bonchev–Trinajstić information content (AvgIpc) is 3.23. The van der Waals surface area contributed by atoms with Crippen molar-refractivity contribution in [3.05, 3.63) is 48.4 Å². The van der Waals surface area contributed by atoms with Gasteiger partial charge in [-0.3, -0.25) is 9.59 Å². The number of anilines is 2. The zero-order chi connectivity index (χ0) is 15.4. The molecule has 6 nitrogen and oxygen atoms in total. The molecule has 3 N–H and O–H groups in total. The van der Waals surface area contributed by atoms with Crippen LogP contribution in [0.1, 0.15) is 17.0 Å². The number of halogens is 1. The molecule has 2 heterocycles. The van der Waals surface area contributed by atoms with Gasteiger partial charge in [-0.25, -0.2) is 0 Å². The van der Waals surface area contributed by atoms with Gasteiger partial charge in [0.1, 0.15) is 0 Å². The second-order valence-corrected chi connectivity index (χ2v) is 5.19. The fraction of sp³-hybridized carbons (Fsp3) is 0.250. The Balaban J connectivity index is 0.00000192. The maximum Gasteiger partial charge on any atom is 0.291 e. The van der Waals surface area contributed by atoms with Gasteiger partial charge in [0, 0.05) is 17.9 Å². The first kappa shape index (κ1) is 17.1. The Morgan fingerprint density at radius 1 is 1.09 bits per heavy atom. The average molecular weight is 336 g/mol. The first-order valence-corrected chi connectivity index (χ1v) is 7.19. The Morgan fingerprint density at radius 3 is 2.35 bits per heavy atom. The van der Waals surface area contributed by atoms with Crippen molar-refractivity contribution in [3.63, 3.8) is 0 Å². The summed E-state index contributed by atoms with van der Waals surface area (Å²) in [6.45, 7) is 1.61. The van der Waals surface area contributed by atoms with Gasteiger partial charge in [-0.15, -0.1) is 12.4 Å². The van der Waals surface area contributed by atoms with Crippen LogP contribution in [0.15, 0.2) is 47.1 Å². The molecular formula is C16H18ClN3O3. The predicted octanol–water partition coefficient (Wildman–Crippen LogP) is 2.50. The van der Waals surface area contributed by atoms with E-state index in [1.165, 1.54) is 6.26 Å². The van der Waals surface area contributed by atoms with E-state index in [9.17, 15) is 9.59 Å². The number of furan rings is 1. The Labute approximate surface area is 140 Å². The highest BCUT2D eigenvalue weighted by molar-refractivity contribution is 6.02. The molecule has 1 aliphatic rings. The monoisotopic (exact) mass is 335 g/mol. The molecule has 1 aromatic heterocycles. The second-order valence-electron chi connectivity index (χ2n) is 5.19. The smallest absolute Gasteiger partial charge is 0.291 e. The summed E-state index contributed by atoms with van der Waals surface area (Å²) in [5.74, 6) is 0.000585. The van der Waals surface area contributed by atoms with Crippen LogP contribution in [0.2, 0.25) is 0 Å². The molecule has 0 aliphatic carbocycles. The zero-order valence-corrected chi connectivity index (χ0v) is 13.2. The van der Waals surface area contributed by atoms with Crippen molar-refractivity contribution in [1.82, 2.24) is 5.32 Å². The zero-order valence-electron chi connectivity index (χ0n) is 12.4. The van der Waals surface area contributed by atoms with E-state index >= 15 is 0 Å². The SMILES string of the molecule is Cl.O=C(Nc1ccc(NC(=O)C2CCNC2)cc1)c1ccco1. The van der Waals surface area contributed by atoms with Crippen molar-refractivity contribution in [1.29, 1.82) is 0 Å². The molecule has 0 spiro atoms. The lowest BCUT2D eigenvalue weighted by Crippen LogP contribution is -2.24. The van der Waals surface area contributed by atoms with Gasteiger partial charge in [-0.05, 0) is 49.4 Å². The summed E-state index contributed by atoms with van der Waals surface area (Å²) in [5, 5.41) is 8.77. The molecule has 1 saturated heterocycles. The van der Waals surface area contributed by atoms with Crippen molar-refractivity contribution in [2.45, 2.75) is 6.42 Å². The molecule has 1 unspecified atom stereocenters. The van der Waals surface area contributed by atoms with Gasteiger partial charge >= 0.3 is 0 Å². The molecule has 3 rings (SSSR count). The minimum absolute atomic E-state index is 0. The topological polar surface area (TPSA) is 83.4 Å². The van der Waals surface area contributed by atoms with Crippen LogP contribution in [0.4, 0.5) is 11.4 Å². The molecule has 2 aromatic rings. The van der Waals surface area contributed by atoms with Crippen LogP contribution in [0, 0.1) is 5.92 Å². The molecule has 122 valence electrons. The van der Waals surface area contributed by atoms with Gasteiger partial charge in [0.2, 0.25) is 5.91 Å². The van der Waals surface area contributed by atoms with Crippen molar-refractivity contribution in [2.24, 2.45) is 5.92 Å². The number of benzene rings is 1. The molecule has 1 aromatic carbocycles. The fourth-order valence-corrected chi connectivity index (χ4v) is 2.36. The Hall–Kier alpha value is -2.31. The van der Waals surface area contributed by atoms with E-state index in [4.69, 9.17) is 4.42 Å². The quantitative estimate of drug-likeness (QED) is 0.801. The maximum absolute atomic E-state index is 12.0. The lowest BCUT2D eigenvalue weighted by atomic mass is 10.1. The minimum Gasteiger partial charge on any atom is -0.459 e. The first-order valence-electron chi connectivity index (χ1n) is 7.19. The van der Waals surface area contributed by atoms with Crippen LogP contribution in [-0.4, -0.2) is 24.9 Å². The lowest BCUT2D eigenvalue weighted by Gasteiger charge is -2.10. The van der Waals surface area contributed by atoms with Crippen molar-refractivity contribution in [2.75, 3.05) is 23.7 Å². The van der Waals surface area contributed by atoms with Crippen LogP contribution in [-0.2, 0) is 4.79 Å². The molecule has 0 saturated carbocycles. The molecular weight excluding hydrogens is 318 g/mol. The third kappa shape index (κ3) is 4.34. The van der Waals surface area contributed by atoms with Crippen molar-refractivity contribution < 1.29 is 14.0 Å². The Kier molecular flexibility index (Phi) is 5.78. The van der Waals surface area contributed by atoms with E-state index in [2.05, 4.69) is 16.0 Å². The Morgan fingerprint density at radius 2 is 1.78 bits per heavy atom. The number of rotatable bonds is 4. The van der Waals surface area contributed by atoms with Crippen LogP contribution < -0.4 is 16.0 Å². The van der Waals surface area contributed by atoms with E-state index in [0.29, 0.717) is 11.4 Å². The highest BCUT2D eigenvalue weighted by Gasteiger charge is 2.22. The summed E-state index contributed by atoms with van der Waals surface area (Å²) in [4.78, 5) is 23.8. The summed E-state index contributed by atoms with van der Waals surface area (Å²) in [5.41, 5.74) is 1.36. The third-order valence-corrected chi connectivity index (χ3v) is 3.59. The highest BCUT2D eigenvalue weighted by Crippen LogP contribution is 2.17. The number of nitrogens with one attached hydrogen (secondary N) is 3. The summed E-state index contributed by atoms with van der Waals surface area (Å²) >= 11 is 0. The van der Waals surface area contributed by atoms with Crippen LogP contribution in [0.3, 0.4) is 0 Å². The molecule has 1 fully saturated rings. The summed E-state index contributed by atoms with van der Waals surface area (Å²) in [7, 11) is 0. The molecule has 1 aliphatic heterocycles. The number of amides is 2. The van der Waals surface area contributed by atoms with Gasteiger partial charge in [-0.2, -0.15) is 0 Å². The summed E-state index contributed by atoms with van der Waals surface area (Å²) < 4.78 is 5.03. The van der Waals surface area contributed by atoms with Gasteiger partial charge in [0.05, 0.1) is 12.2 Å². The minimum atomic E-state index is -0.307. The van der Waals surface area contributed by atoms with E-state index in [1.54, 1.807) is 36.4 Å². The summed E-state index contributed by atoms with van der Waals surface area (Å²) in [6.07, 6.45) is 2.31. The van der Waals surface area contributed by atoms with Crippen LogP contribution >= 0.6 is 12.4 Å². The molecule has 0 radical (unpaired) electrons. The Bertz CT molecular complexity index is 650. The number of hydrogen-bond donors (Lipinski definition) is 3. The van der Waals surface area contributed by atoms with Gasteiger partial charge in [-0.1, -0.05) is 0 Å². The van der Waals surface area contributed by atoms with Crippen molar-refractivity contribution >= 4 is 35.6 Å². The number of carbonyl (C=O) groups excluding carboxylic acids is 2. The third-order valence-electron chi connectivity index (χ3n) is 3.59. The van der Waals surface area contributed by atoms with Crippen molar-refractivity contribution in [3.8, 4) is 0 Å².